The maximum atomic E-state index is 7.13. The lowest BCUT2D eigenvalue weighted by Gasteiger charge is -2.20. The molecular weight excluding hydrogens is 525 g/mol. The fourth-order valence-electron chi connectivity index (χ4n) is 5.61. The second kappa shape index (κ2) is 9.64. The Morgan fingerprint density at radius 2 is 1.20 bits per heavy atom. The molecule has 8 aromatic rings. The van der Waals surface area contributed by atoms with E-state index in [4.69, 9.17) is 4.52 Å². The van der Waals surface area contributed by atoms with Gasteiger partial charge >= 0.3 is 0 Å². The third-order valence-electron chi connectivity index (χ3n) is 7.47. The maximum absolute atomic E-state index is 7.13. The second-order valence-corrected chi connectivity index (χ2v) is 12.8. The topological polar surface area (TPSA) is 25.0 Å². The van der Waals surface area contributed by atoms with Crippen molar-refractivity contribution in [3.8, 4) is 16.9 Å². The van der Waals surface area contributed by atoms with Gasteiger partial charge in [-0.15, -0.1) is 11.3 Å². The highest BCUT2D eigenvalue weighted by molar-refractivity contribution is 7.68. The van der Waals surface area contributed by atoms with Gasteiger partial charge in [-0.3, -0.25) is 0 Å². The maximum Gasteiger partial charge on any atom is 0.150 e. The minimum atomic E-state index is -1.06. The largest absolute Gasteiger partial charge is 0.463 e. The number of thiophene rings is 1. The van der Waals surface area contributed by atoms with Crippen molar-refractivity contribution in [2.24, 2.45) is 0 Å². The van der Waals surface area contributed by atoms with Crippen LogP contribution in [0.2, 0.25) is 0 Å². The Bertz CT molecular complexity index is 2110. The minimum Gasteiger partial charge on any atom is -0.463 e. The van der Waals surface area contributed by atoms with Crippen LogP contribution in [0, 0.1) is 0 Å². The normalized spacial score (nSPS) is 11.7. The van der Waals surface area contributed by atoms with E-state index in [9.17, 15) is 0 Å². The first-order valence-electron chi connectivity index (χ1n) is 13.4. The summed E-state index contributed by atoms with van der Waals surface area (Å²) in [6, 6.07) is 49.6. The molecule has 1 N–H and O–H groups in total. The molecule has 0 atom stereocenters. The molecule has 4 heteroatoms. The molecule has 0 aliphatic heterocycles. The minimum absolute atomic E-state index is 0.931. The molecule has 0 bridgehead atoms. The average Bonchev–Trinajstić information content (AvgIpc) is 3.59. The quantitative estimate of drug-likeness (QED) is 0.212. The van der Waals surface area contributed by atoms with Crippen LogP contribution in [0.25, 0.3) is 53.1 Å². The van der Waals surface area contributed by atoms with Crippen LogP contribution in [0.5, 0.6) is 5.75 Å². The fraction of sp³-hybridized carbons (Fsp3) is 0. The summed E-state index contributed by atoms with van der Waals surface area (Å²) in [4.78, 5) is 3.70. The van der Waals surface area contributed by atoms with Gasteiger partial charge in [0, 0.05) is 47.9 Å². The molecule has 0 aliphatic carbocycles. The zero-order chi connectivity index (χ0) is 26.5. The van der Waals surface area contributed by atoms with Crippen LogP contribution in [0.3, 0.4) is 0 Å². The third-order valence-corrected chi connectivity index (χ3v) is 10.6. The molecule has 0 aliphatic rings. The molecule has 0 radical (unpaired) electrons. The third kappa shape index (κ3) is 3.90. The van der Waals surface area contributed by atoms with Gasteiger partial charge in [-0.2, -0.15) is 0 Å². The van der Waals surface area contributed by atoms with Crippen molar-refractivity contribution in [2.75, 3.05) is 0 Å². The highest BCUT2D eigenvalue weighted by Crippen LogP contribution is 2.47. The summed E-state index contributed by atoms with van der Waals surface area (Å²) < 4.78 is 9.59. The van der Waals surface area contributed by atoms with Crippen LogP contribution in [-0.2, 0) is 0 Å². The molecule has 190 valence electrons. The number of hydrogen-bond donors (Lipinski definition) is 1. The lowest BCUT2D eigenvalue weighted by molar-refractivity contribution is 0.639. The Kier molecular flexibility index (Phi) is 5.65. The molecule has 0 amide bonds. The number of benzene rings is 6. The molecule has 2 aromatic heterocycles. The van der Waals surface area contributed by atoms with Gasteiger partial charge in [0.05, 0.1) is 10.2 Å². The monoisotopic (exact) mass is 549 g/mol. The van der Waals surface area contributed by atoms with E-state index in [1.54, 1.807) is 0 Å². The summed E-state index contributed by atoms with van der Waals surface area (Å²) in [5, 5.41) is 7.37. The molecule has 0 saturated carbocycles. The van der Waals surface area contributed by atoms with Crippen molar-refractivity contribution >= 4 is 72.1 Å². The van der Waals surface area contributed by atoms with E-state index in [0.717, 1.165) is 22.3 Å². The predicted octanol–water partition coefficient (Wildman–Crippen LogP) is 9.78. The van der Waals surface area contributed by atoms with Gasteiger partial charge in [-0.25, -0.2) is 0 Å². The molecule has 8 rings (SSSR count). The van der Waals surface area contributed by atoms with Crippen LogP contribution < -0.4 is 15.1 Å². The number of H-pyrrole nitrogens is 1. The number of para-hydroxylation sites is 2. The van der Waals surface area contributed by atoms with Gasteiger partial charge in [0.25, 0.3) is 0 Å². The summed E-state index contributed by atoms with van der Waals surface area (Å²) in [7, 11) is -1.06. The molecule has 6 aromatic carbocycles. The fourth-order valence-corrected chi connectivity index (χ4v) is 8.54. The number of aromatic nitrogens is 1. The van der Waals surface area contributed by atoms with Crippen LogP contribution in [0.1, 0.15) is 0 Å². The second-order valence-electron chi connectivity index (χ2n) is 9.90. The number of rotatable bonds is 5. The summed E-state index contributed by atoms with van der Waals surface area (Å²) in [6.45, 7) is 0. The Morgan fingerprint density at radius 1 is 0.550 bits per heavy atom. The lowest BCUT2D eigenvalue weighted by Crippen LogP contribution is -2.15. The van der Waals surface area contributed by atoms with E-state index in [0.29, 0.717) is 0 Å². The highest BCUT2D eigenvalue weighted by atomic mass is 32.1. The number of hydrogen-bond acceptors (Lipinski definition) is 2. The molecule has 0 fully saturated rings. The van der Waals surface area contributed by atoms with Crippen LogP contribution in [0.4, 0.5) is 0 Å². The van der Waals surface area contributed by atoms with Gasteiger partial charge in [0.2, 0.25) is 0 Å². The SMILES string of the molecule is c1ccc(P(Oc2cc(-c3cccc4c3[nH]c3ccccc34)cc3c2sc2ccccc23)c2ccccc2)cc1. The van der Waals surface area contributed by atoms with E-state index < -0.39 is 8.15 Å². The van der Waals surface area contributed by atoms with Gasteiger partial charge in [0.1, 0.15) is 5.75 Å². The van der Waals surface area contributed by atoms with Crippen molar-refractivity contribution in [3.05, 3.63) is 140 Å². The smallest absolute Gasteiger partial charge is 0.150 e. The van der Waals surface area contributed by atoms with Crippen molar-refractivity contribution < 1.29 is 4.52 Å². The predicted molar refractivity (Wildman–Crippen MR) is 174 cm³/mol. The summed E-state index contributed by atoms with van der Waals surface area (Å²) in [5.74, 6) is 0.931. The average molecular weight is 550 g/mol. The Morgan fingerprint density at radius 3 is 1.98 bits per heavy atom. The number of fused-ring (bicyclic) bond motifs is 6. The van der Waals surface area contributed by atoms with Crippen LogP contribution in [-0.4, -0.2) is 4.98 Å². The Hall–Kier alpha value is -4.43. The van der Waals surface area contributed by atoms with E-state index in [-0.39, 0.29) is 0 Å². The molecule has 2 heterocycles. The van der Waals surface area contributed by atoms with Crippen LogP contribution >= 0.6 is 19.5 Å². The lowest BCUT2D eigenvalue weighted by atomic mass is 9.99. The van der Waals surface area contributed by atoms with E-state index in [2.05, 4.69) is 145 Å². The zero-order valence-corrected chi connectivity index (χ0v) is 23.3. The first-order valence-corrected chi connectivity index (χ1v) is 15.4. The Labute approximate surface area is 237 Å². The summed E-state index contributed by atoms with van der Waals surface area (Å²) in [5.41, 5.74) is 4.64. The van der Waals surface area contributed by atoms with Crippen molar-refractivity contribution in [1.82, 2.24) is 4.98 Å². The molecule has 0 saturated heterocycles. The number of aromatic amines is 1. The van der Waals surface area contributed by atoms with Crippen molar-refractivity contribution in [1.29, 1.82) is 0 Å². The van der Waals surface area contributed by atoms with Crippen molar-refractivity contribution in [2.45, 2.75) is 0 Å². The molecule has 2 nitrogen and oxygen atoms in total. The standard InChI is InChI=1S/C36H24NOPS/c1-3-12-25(13-4-1)39(26-14-5-2-6-15-26)38-33-23-24(22-31-29-17-8-10-21-34(29)40-36(31)33)27-18-11-19-30-28-16-7-9-20-32(28)37-35(27)30/h1-23,37H. The molecule has 0 spiro atoms. The van der Waals surface area contributed by atoms with E-state index in [1.165, 1.54) is 47.1 Å². The highest BCUT2D eigenvalue weighted by Gasteiger charge is 2.21. The van der Waals surface area contributed by atoms with Gasteiger partial charge in [-0.05, 0) is 29.8 Å². The number of nitrogens with one attached hydrogen (secondary N) is 1. The molecule has 40 heavy (non-hydrogen) atoms. The molecular formula is C36H24NOPS. The summed E-state index contributed by atoms with van der Waals surface area (Å²) >= 11 is 1.81. The zero-order valence-electron chi connectivity index (χ0n) is 21.5. The Balaban J connectivity index is 1.38. The van der Waals surface area contributed by atoms with Gasteiger partial charge < -0.3 is 9.51 Å². The summed E-state index contributed by atoms with van der Waals surface area (Å²) in [6.07, 6.45) is 0. The first kappa shape index (κ1) is 23.5. The van der Waals surface area contributed by atoms with Crippen LogP contribution in [0.15, 0.2) is 140 Å². The van der Waals surface area contributed by atoms with E-state index >= 15 is 0 Å². The molecule has 0 unspecified atom stereocenters. The van der Waals surface area contributed by atoms with Crippen molar-refractivity contribution in [3.63, 3.8) is 0 Å². The van der Waals surface area contributed by atoms with E-state index in [1.807, 2.05) is 11.3 Å². The van der Waals surface area contributed by atoms with Gasteiger partial charge in [-0.1, -0.05) is 115 Å². The first-order chi connectivity index (χ1) is 19.8. The van der Waals surface area contributed by atoms with Gasteiger partial charge in [0.15, 0.2) is 8.15 Å².